The molecule has 0 bridgehead atoms. The highest BCUT2D eigenvalue weighted by atomic mass is 16.5. The van der Waals surface area contributed by atoms with Gasteiger partial charge in [-0.2, -0.15) is 0 Å². The Morgan fingerprint density at radius 3 is 2.53 bits per heavy atom. The minimum Gasteiger partial charge on any atom is -0.380 e. The molecule has 1 amide bonds. The van der Waals surface area contributed by atoms with Crippen molar-refractivity contribution < 1.29 is 9.53 Å². The van der Waals surface area contributed by atoms with E-state index >= 15 is 0 Å². The van der Waals surface area contributed by atoms with Crippen molar-refractivity contribution in [3.63, 3.8) is 0 Å². The molecule has 4 heteroatoms. The quantitative estimate of drug-likeness (QED) is 0.616. The molecule has 0 aliphatic rings. The summed E-state index contributed by atoms with van der Waals surface area (Å²) in [5.41, 5.74) is 5.74. The molecule has 2 N–H and O–H groups in total. The van der Waals surface area contributed by atoms with Gasteiger partial charge in [0.2, 0.25) is 5.91 Å². The number of nitrogens with two attached hydrogens (primary N) is 1. The Balaban J connectivity index is 3.87. The van der Waals surface area contributed by atoms with E-state index in [-0.39, 0.29) is 11.9 Å². The number of ether oxygens (including phenoxy) is 1. The van der Waals surface area contributed by atoms with Crippen molar-refractivity contribution in [2.75, 3.05) is 26.3 Å². The molecule has 0 spiro atoms. The molecule has 90 valence electrons. The van der Waals surface area contributed by atoms with Crippen molar-refractivity contribution in [1.29, 1.82) is 0 Å². The Hall–Kier alpha value is -0.610. The second-order valence-corrected chi connectivity index (χ2v) is 3.54. The minimum atomic E-state index is -0.0151. The van der Waals surface area contributed by atoms with Crippen molar-refractivity contribution in [3.8, 4) is 0 Å². The van der Waals surface area contributed by atoms with Gasteiger partial charge >= 0.3 is 0 Å². The number of amides is 1. The average molecular weight is 216 g/mol. The largest absolute Gasteiger partial charge is 0.380 e. The molecule has 0 aromatic heterocycles. The standard InChI is InChI=1S/C11H24N2O2/c1-4-10(12)9-11(14)13(5-2)7-8-15-6-3/h10H,4-9,12H2,1-3H3. The summed E-state index contributed by atoms with van der Waals surface area (Å²) in [6.07, 6.45) is 1.28. The average Bonchev–Trinajstić information content (AvgIpc) is 2.24. The van der Waals surface area contributed by atoms with Crippen LogP contribution in [0, 0.1) is 0 Å². The third-order valence-corrected chi connectivity index (χ3v) is 2.41. The van der Waals surface area contributed by atoms with E-state index in [0.717, 1.165) is 13.0 Å². The van der Waals surface area contributed by atoms with E-state index in [2.05, 4.69) is 0 Å². The van der Waals surface area contributed by atoms with Crippen LogP contribution < -0.4 is 5.73 Å². The van der Waals surface area contributed by atoms with Crippen molar-refractivity contribution in [2.24, 2.45) is 5.73 Å². The van der Waals surface area contributed by atoms with Crippen LogP contribution in [0.4, 0.5) is 0 Å². The van der Waals surface area contributed by atoms with Crippen LogP contribution in [0.2, 0.25) is 0 Å². The molecular formula is C11H24N2O2. The molecule has 0 rings (SSSR count). The van der Waals surface area contributed by atoms with E-state index < -0.39 is 0 Å². The number of carbonyl (C=O) groups excluding carboxylic acids is 1. The van der Waals surface area contributed by atoms with Gasteiger partial charge in [-0.25, -0.2) is 0 Å². The van der Waals surface area contributed by atoms with Crippen molar-refractivity contribution in [3.05, 3.63) is 0 Å². The van der Waals surface area contributed by atoms with Gasteiger partial charge < -0.3 is 15.4 Å². The van der Waals surface area contributed by atoms with E-state index in [4.69, 9.17) is 10.5 Å². The van der Waals surface area contributed by atoms with Crippen LogP contribution in [0.5, 0.6) is 0 Å². The Morgan fingerprint density at radius 2 is 2.07 bits per heavy atom. The normalized spacial score (nSPS) is 12.5. The first kappa shape index (κ1) is 14.4. The number of rotatable bonds is 8. The Morgan fingerprint density at radius 1 is 1.40 bits per heavy atom. The zero-order chi connectivity index (χ0) is 11.7. The third kappa shape index (κ3) is 6.47. The summed E-state index contributed by atoms with van der Waals surface area (Å²) in [7, 11) is 0. The summed E-state index contributed by atoms with van der Waals surface area (Å²) in [6.45, 7) is 8.61. The number of hydrogen-bond acceptors (Lipinski definition) is 3. The summed E-state index contributed by atoms with van der Waals surface area (Å²) in [6, 6.07) is -0.0151. The SMILES string of the molecule is CCOCCN(CC)C(=O)CC(N)CC. The van der Waals surface area contributed by atoms with Gasteiger partial charge in [0, 0.05) is 32.2 Å². The molecule has 1 unspecified atom stereocenters. The molecule has 0 saturated heterocycles. The lowest BCUT2D eigenvalue weighted by Crippen LogP contribution is -2.37. The zero-order valence-electron chi connectivity index (χ0n) is 10.2. The Bertz CT molecular complexity index is 174. The molecule has 4 nitrogen and oxygen atoms in total. The number of carbonyl (C=O) groups is 1. The first-order valence-corrected chi connectivity index (χ1v) is 5.76. The highest BCUT2D eigenvalue weighted by molar-refractivity contribution is 5.76. The van der Waals surface area contributed by atoms with Gasteiger partial charge in [0.1, 0.15) is 0 Å². The van der Waals surface area contributed by atoms with E-state index in [1.807, 2.05) is 20.8 Å². The van der Waals surface area contributed by atoms with Crippen LogP contribution >= 0.6 is 0 Å². The second-order valence-electron chi connectivity index (χ2n) is 3.54. The molecule has 0 aromatic rings. The van der Waals surface area contributed by atoms with Crippen LogP contribution in [-0.4, -0.2) is 43.2 Å². The third-order valence-electron chi connectivity index (χ3n) is 2.41. The first-order valence-electron chi connectivity index (χ1n) is 5.76. The van der Waals surface area contributed by atoms with Crippen LogP contribution in [0.1, 0.15) is 33.6 Å². The summed E-state index contributed by atoms with van der Waals surface area (Å²) in [4.78, 5) is 13.5. The van der Waals surface area contributed by atoms with Crippen molar-refractivity contribution in [2.45, 2.75) is 39.7 Å². The highest BCUT2D eigenvalue weighted by Crippen LogP contribution is 2.00. The van der Waals surface area contributed by atoms with Gasteiger partial charge in [-0.3, -0.25) is 4.79 Å². The van der Waals surface area contributed by atoms with Crippen LogP contribution in [0.25, 0.3) is 0 Å². The van der Waals surface area contributed by atoms with Crippen LogP contribution in [0.15, 0.2) is 0 Å². The molecule has 0 aromatic carbocycles. The maximum Gasteiger partial charge on any atom is 0.224 e. The maximum atomic E-state index is 11.7. The molecule has 0 radical (unpaired) electrons. The topological polar surface area (TPSA) is 55.6 Å². The van der Waals surface area contributed by atoms with E-state index in [0.29, 0.717) is 26.2 Å². The maximum absolute atomic E-state index is 11.7. The molecule has 0 aliphatic heterocycles. The van der Waals surface area contributed by atoms with E-state index in [9.17, 15) is 4.79 Å². The van der Waals surface area contributed by atoms with Crippen molar-refractivity contribution >= 4 is 5.91 Å². The first-order chi connectivity index (χ1) is 7.15. The van der Waals surface area contributed by atoms with Gasteiger partial charge in [0.15, 0.2) is 0 Å². The fraction of sp³-hybridized carbons (Fsp3) is 0.909. The number of likely N-dealkylation sites (N-methyl/N-ethyl adjacent to an activating group) is 1. The van der Waals surface area contributed by atoms with Gasteiger partial charge in [-0.15, -0.1) is 0 Å². The van der Waals surface area contributed by atoms with Crippen LogP contribution in [-0.2, 0) is 9.53 Å². The molecule has 0 aliphatic carbocycles. The number of hydrogen-bond donors (Lipinski definition) is 1. The predicted octanol–water partition coefficient (Wildman–Crippen LogP) is 0.999. The fourth-order valence-electron chi connectivity index (χ4n) is 1.28. The molecular weight excluding hydrogens is 192 g/mol. The predicted molar refractivity (Wildman–Crippen MR) is 61.6 cm³/mol. The second kappa shape index (κ2) is 8.68. The molecule has 1 atom stereocenters. The monoisotopic (exact) mass is 216 g/mol. The minimum absolute atomic E-state index is 0.0151. The van der Waals surface area contributed by atoms with Gasteiger partial charge in [-0.05, 0) is 20.3 Å². The van der Waals surface area contributed by atoms with Gasteiger partial charge in [0.05, 0.1) is 6.61 Å². The summed E-state index contributed by atoms with van der Waals surface area (Å²) >= 11 is 0. The van der Waals surface area contributed by atoms with Crippen LogP contribution in [0.3, 0.4) is 0 Å². The van der Waals surface area contributed by atoms with E-state index in [1.54, 1.807) is 4.90 Å². The lowest BCUT2D eigenvalue weighted by molar-refractivity contribution is -0.132. The van der Waals surface area contributed by atoms with Gasteiger partial charge in [-0.1, -0.05) is 6.92 Å². The summed E-state index contributed by atoms with van der Waals surface area (Å²) < 4.78 is 5.22. The van der Waals surface area contributed by atoms with Gasteiger partial charge in [0.25, 0.3) is 0 Å². The lowest BCUT2D eigenvalue weighted by atomic mass is 10.1. The highest BCUT2D eigenvalue weighted by Gasteiger charge is 2.14. The smallest absolute Gasteiger partial charge is 0.224 e. The Kier molecular flexibility index (Phi) is 8.33. The molecule has 0 heterocycles. The summed E-state index contributed by atoms with van der Waals surface area (Å²) in [5, 5.41) is 0. The van der Waals surface area contributed by atoms with E-state index in [1.165, 1.54) is 0 Å². The Labute approximate surface area is 92.8 Å². The number of nitrogens with zero attached hydrogens (tertiary/aromatic N) is 1. The summed E-state index contributed by atoms with van der Waals surface area (Å²) in [5.74, 6) is 0.131. The van der Waals surface area contributed by atoms with Crippen molar-refractivity contribution in [1.82, 2.24) is 4.90 Å². The molecule has 15 heavy (non-hydrogen) atoms. The molecule has 0 saturated carbocycles. The molecule has 0 fully saturated rings. The fourth-order valence-corrected chi connectivity index (χ4v) is 1.28. The lowest BCUT2D eigenvalue weighted by Gasteiger charge is -2.22. The zero-order valence-corrected chi connectivity index (χ0v) is 10.2.